The molecule has 2 N–H and O–H groups in total. The highest BCUT2D eigenvalue weighted by atomic mass is 32.1. The van der Waals surface area contributed by atoms with Gasteiger partial charge >= 0.3 is 0 Å². The summed E-state index contributed by atoms with van der Waals surface area (Å²) in [5.74, 6) is 1.87. The summed E-state index contributed by atoms with van der Waals surface area (Å²) in [5.41, 5.74) is 2.31. The topological polar surface area (TPSA) is 58.5 Å². The molecule has 2 heterocycles. The Kier molecular flexibility index (Phi) is 5.58. The second-order valence-corrected chi connectivity index (χ2v) is 9.16. The van der Waals surface area contributed by atoms with Gasteiger partial charge in [0.05, 0.1) is 18.3 Å². The van der Waals surface area contributed by atoms with Crippen molar-refractivity contribution in [3.8, 4) is 5.75 Å². The van der Waals surface area contributed by atoms with E-state index >= 15 is 0 Å². The molecule has 0 amide bonds. The van der Waals surface area contributed by atoms with Gasteiger partial charge in [-0.05, 0) is 52.5 Å². The first kappa shape index (κ1) is 19.2. The predicted molar refractivity (Wildman–Crippen MR) is 115 cm³/mol. The summed E-state index contributed by atoms with van der Waals surface area (Å²) in [5, 5.41) is 8.16. The molecule has 1 unspecified atom stereocenters. The zero-order valence-electron chi connectivity index (χ0n) is 17.0. The van der Waals surface area contributed by atoms with Crippen LogP contribution in [0.5, 0.6) is 5.75 Å². The second kappa shape index (κ2) is 8.11. The van der Waals surface area contributed by atoms with Crippen LogP contribution in [0.15, 0.2) is 29.3 Å². The number of fused-ring (bicyclic) bond motifs is 1. The van der Waals surface area contributed by atoms with Gasteiger partial charge in [-0.2, -0.15) is 0 Å². The third kappa shape index (κ3) is 4.02. The van der Waals surface area contributed by atoms with Crippen molar-refractivity contribution in [1.82, 2.24) is 15.6 Å². The first-order valence-corrected chi connectivity index (χ1v) is 11.2. The van der Waals surface area contributed by atoms with Crippen molar-refractivity contribution in [3.05, 3.63) is 45.4 Å². The number of aliphatic imine (C=N–C) groups is 1. The molecule has 0 saturated heterocycles. The quantitative estimate of drug-likeness (QED) is 0.581. The largest absolute Gasteiger partial charge is 0.487 e. The van der Waals surface area contributed by atoms with E-state index in [1.807, 2.05) is 0 Å². The molecule has 150 valence electrons. The molecule has 2 aromatic rings. The van der Waals surface area contributed by atoms with Crippen molar-refractivity contribution in [3.63, 3.8) is 0 Å². The Morgan fingerprint density at radius 3 is 2.79 bits per heavy atom. The van der Waals surface area contributed by atoms with Crippen LogP contribution >= 0.6 is 11.3 Å². The third-order valence-electron chi connectivity index (χ3n) is 5.81. The minimum atomic E-state index is -0.0210. The highest BCUT2D eigenvalue weighted by Gasteiger charge is 2.43. The van der Waals surface area contributed by atoms with E-state index < -0.39 is 0 Å². The molecule has 1 aromatic carbocycles. The van der Waals surface area contributed by atoms with Crippen LogP contribution in [0.2, 0.25) is 0 Å². The van der Waals surface area contributed by atoms with Crippen molar-refractivity contribution >= 4 is 17.3 Å². The number of hydrogen-bond acceptors (Lipinski definition) is 4. The van der Waals surface area contributed by atoms with Crippen molar-refractivity contribution in [2.24, 2.45) is 4.99 Å². The fourth-order valence-corrected chi connectivity index (χ4v) is 5.17. The van der Waals surface area contributed by atoms with Gasteiger partial charge in [-0.15, -0.1) is 11.3 Å². The number of benzene rings is 1. The van der Waals surface area contributed by atoms with E-state index in [4.69, 9.17) is 9.73 Å². The molecule has 1 aliphatic carbocycles. The molecular formula is C22H30N4OS. The van der Waals surface area contributed by atoms with Gasteiger partial charge in [0.1, 0.15) is 16.4 Å². The monoisotopic (exact) mass is 398 g/mol. The van der Waals surface area contributed by atoms with Crippen molar-refractivity contribution in [2.45, 2.75) is 71.1 Å². The molecule has 1 spiro atoms. The van der Waals surface area contributed by atoms with Crippen molar-refractivity contribution in [1.29, 1.82) is 0 Å². The summed E-state index contributed by atoms with van der Waals surface area (Å²) in [4.78, 5) is 10.7. The van der Waals surface area contributed by atoms with E-state index in [0.29, 0.717) is 6.54 Å². The highest BCUT2D eigenvalue weighted by Crippen LogP contribution is 2.46. The Morgan fingerprint density at radius 1 is 1.29 bits per heavy atom. The molecule has 0 radical (unpaired) electrons. The Labute approximate surface area is 171 Å². The number of para-hydroxylation sites is 1. The predicted octanol–water partition coefficient (Wildman–Crippen LogP) is 4.65. The number of guanidine groups is 1. The molecule has 4 rings (SSSR count). The van der Waals surface area contributed by atoms with E-state index in [9.17, 15) is 0 Å². The van der Waals surface area contributed by atoms with E-state index in [1.54, 1.807) is 11.3 Å². The lowest BCUT2D eigenvalue weighted by molar-refractivity contribution is 0.0396. The molecule has 1 atom stereocenters. The van der Waals surface area contributed by atoms with Crippen LogP contribution in [0.25, 0.3) is 0 Å². The van der Waals surface area contributed by atoms with Gasteiger partial charge in [0, 0.05) is 23.4 Å². The molecule has 1 aromatic heterocycles. The maximum absolute atomic E-state index is 6.49. The number of aromatic nitrogens is 1. The maximum Gasteiger partial charge on any atom is 0.192 e. The number of hydrogen-bond donors (Lipinski definition) is 2. The third-order valence-corrected chi connectivity index (χ3v) is 6.87. The Hall–Kier alpha value is -2.08. The summed E-state index contributed by atoms with van der Waals surface area (Å²) in [7, 11) is 0. The Bertz CT molecular complexity index is 834. The van der Waals surface area contributed by atoms with Crippen LogP contribution < -0.4 is 15.4 Å². The molecule has 6 heteroatoms. The molecule has 5 nitrogen and oxygen atoms in total. The lowest BCUT2D eigenvalue weighted by Gasteiger charge is -2.40. The smallest absolute Gasteiger partial charge is 0.192 e. The van der Waals surface area contributed by atoms with Crippen LogP contribution in [0, 0.1) is 13.8 Å². The summed E-state index contributed by atoms with van der Waals surface area (Å²) >= 11 is 1.73. The fourth-order valence-electron chi connectivity index (χ4n) is 4.31. The molecule has 28 heavy (non-hydrogen) atoms. The van der Waals surface area contributed by atoms with Gasteiger partial charge in [0.15, 0.2) is 5.96 Å². The average molecular weight is 399 g/mol. The van der Waals surface area contributed by atoms with Gasteiger partial charge in [-0.25, -0.2) is 9.98 Å². The normalized spacial score (nSPS) is 20.7. The van der Waals surface area contributed by atoms with E-state index in [0.717, 1.165) is 48.2 Å². The lowest BCUT2D eigenvalue weighted by Crippen LogP contribution is -2.46. The minimum absolute atomic E-state index is 0.0210. The SMILES string of the molecule is CCNC(=NCc1nc(C)c(C)s1)NC1CC2(CCCC2)Oc2ccccc21. The van der Waals surface area contributed by atoms with E-state index in [-0.39, 0.29) is 11.6 Å². The van der Waals surface area contributed by atoms with Crippen LogP contribution in [0.4, 0.5) is 0 Å². The van der Waals surface area contributed by atoms with Gasteiger partial charge < -0.3 is 15.4 Å². The average Bonchev–Trinajstić information content (AvgIpc) is 3.26. The summed E-state index contributed by atoms with van der Waals surface area (Å²) in [6.45, 7) is 7.71. The van der Waals surface area contributed by atoms with Gasteiger partial charge in [0.25, 0.3) is 0 Å². The first-order valence-electron chi connectivity index (χ1n) is 10.3. The lowest BCUT2D eigenvalue weighted by atomic mass is 9.86. The van der Waals surface area contributed by atoms with Crippen LogP contribution in [-0.4, -0.2) is 23.1 Å². The molecule has 0 bridgehead atoms. The van der Waals surface area contributed by atoms with Crippen LogP contribution in [0.3, 0.4) is 0 Å². The Morgan fingerprint density at radius 2 is 2.07 bits per heavy atom. The highest BCUT2D eigenvalue weighted by molar-refractivity contribution is 7.11. The first-order chi connectivity index (χ1) is 13.6. The zero-order valence-corrected chi connectivity index (χ0v) is 17.9. The number of nitrogens with zero attached hydrogens (tertiary/aromatic N) is 2. The number of aryl methyl sites for hydroxylation is 2. The van der Waals surface area contributed by atoms with Gasteiger partial charge in [-0.1, -0.05) is 18.2 Å². The molecule has 1 aliphatic heterocycles. The maximum atomic E-state index is 6.49. The van der Waals surface area contributed by atoms with Crippen LogP contribution in [0.1, 0.15) is 66.2 Å². The summed E-state index contributed by atoms with van der Waals surface area (Å²) in [6, 6.07) is 8.64. The minimum Gasteiger partial charge on any atom is -0.487 e. The molecule has 1 fully saturated rings. The van der Waals surface area contributed by atoms with Crippen molar-refractivity contribution < 1.29 is 4.74 Å². The standard InChI is InChI=1S/C22H30N4OS/c1-4-23-21(24-14-20-25-15(2)16(3)28-20)26-18-13-22(11-7-8-12-22)27-19-10-6-5-9-17(18)19/h5-6,9-10,18H,4,7-8,11-14H2,1-3H3,(H2,23,24,26). The van der Waals surface area contributed by atoms with E-state index in [1.165, 1.54) is 23.3 Å². The number of thiazole rings is 1. The number of ether oxygens (including phenoxy) is 1. The van der Waals surface area contributed by atoms with Crippen LogP contribution in [-0.2, 0) is 6.54 Å². The van der Waals surface area contributed by atoms with E-state index in [2.05, 4.69) is 60.7 Å². The molecule has 1 saturated carbocycles. The second-order valence-electron chi connectivity index (χ2n) is 7.88. The van der Waals surface area contributed by atoms with Gasteiger partial charge in [0.2, 0.25) is 0 Å². The fraction of sp³-hybridized carbons (Fsp3) is 0.545. The number of rotatable bonds is 4. The van der Waals surface area contributed by atoms with Crippen molar-refractivity contribution in [2.75, 3.05) is 6.54 Å². The summed E-state index contributed by atoms with van der Waals surface area (Å²) < 4.78 is 6.49. The number of nitrogens with one attached hydrogen (secondary N) is 2. The molecular weight excluding hydrogens is 368 g/mol. The Balaban J connectivity index is 1.56. The molecule has 2 aliphatic rings. The zero-order chi connectivity index (χ0) is 19.6. The van der Waals surface area contributed by atoms with Gasteiger partial charge in [-0.3, -0.25) is 0 Å². The summed E-state index contributed by atoms with van der Waals surface area (Å²) in [6.07, 6.45) is 5.79.